The minimum Gasteiger partial charge on any atom is -0.492 e. The van der Waals surface area contributed by atoms with Crippen LogP contribution >= 0.6 is 22.9 Å². The van der Waals surface area contributed by atoms with Gasteiger partial charge in [0, 0.05) is 78.3 Å². The molecule has 11 heteroatoms. The molecule has 0 bridgehead atoms. The smallest absolute Gasteiger partial charge is 0.251 e. The number of amides is 1. The lowest BCUT2D eigenvalue weighted by Crippen LogP contribution is -2.43. The third-order valence-electron chi connectivity index (χ3n) is 7.53. The summed E-state index contributed by atoms with van der Waals surface area (Å²) in [5, 5.41) is 2.94. The van der Waals surface area contributed by atoms with Gasteiger partial charge in [-0.15, -0.1) is 0 Å². The first-order chi connectivity index (χ1) is 21.1. The van der Waals surface area contributed by atoms with Crippen molar-refractivity contribution in [1.82, 2.24) is 13.3 Å². The third-order valence-corrected chi connectivity index (χ3v) is 8.50. The van der Waals surface area contributed by atoms with E-state index < -0.39 is 29.3 Å². The Kier molecular flexibility index (Phi) is 10.5. The van der Waals surface area contributed by atoms with Crippen molar-refractivity contribution in [2.45, 2.75) is 18.9 Å². The van der Waals surface area contributed by atoms with E-state index in [0.717, 1.165) is 57.0 Å². The summed E-state index contributed by atoms with van der Waals surface area (Å²) in [6.45, 7) is 5.37. The molecule has 1 heterocycles. The van der Waals surface area contributed by atoms with Crippen molar-refractivity contribution >= 4 is 46.7 Å². The summed E-state index contributed by atoms with van der Waals surface area (Å²) < 4.78 is 62.8. The zero-order valence-corrected chi connectivity index (χ0v) is 25.8. The van der Waals surface area contributed by atoms with Crippen LogP contribution in [0, 0.1) is 23.3 Å². The Labute approximate surface area is 266 Å². The van der Waals surface area contributed by atoms with Crippen LogP contribution in [-0.4, -0.2) is 65.1 Å². The average Bonchev–Trinajstić information content (AvgIpc) is 3.00. The van der Waals surface area contributed by atoms with Gasteiger partial charge in [0.2, 0.25) is 0 Å². The van der Waals surface area contributed by atoms with Gasteiger partial charge >= 0.3 is 0 Å². The molecule has 3 aromatic rings. The molecular weight excluding hydrogens is 689 g/mol. The van der Waals surface area contributed by atoms with Crippen molar-refractivity contribution < 1.29 is 31.9 Å². The fourth-order valence-corrected chi connectivity index (χ4v) is 5.59. The van der Waals surface area contributed by atoms with Crippen LogP contribution in [0.1, 0.15) is 34.3 Å². The van der Waals surface area contributed by atoms with Crippen LogP contribution in [0.4, 0.5) is 17.6 Å². The number of nitrogens with zero attached hydrogens (tertiary/aromatic N) is 2. The summed E-state index contributed by atoms with van der Waals surface area (Å²) in [5.41, 5.74) is 1.45. The van der Waals surface area contributed by atoms with Crippen LogP contribution in [0.5, 0.6) is 5.75 Å². The fourth-order valence-electron chi connectivity index (χ4n) is 5.16. The van der Waals surface area contributed by atoms with E-state index in [1.807, 2.05) is 0 Å². The van der Waals surface area contributed by atoms with E-state index in [1.165, 1.54) is 24.3 Å². The molecule has 6 nitrogen and oxygen atoms in total. The van der Waals surface area contributed by atoms with Crippen molar-refractivity contribution in [2.75, 3.05) is 39.3 Å². The summed E-state index contributed by atoms with van der Waals surface area (Å²) in [5.74, 6) is -4.26. The molecule has 1 N–H and O–H groups in total. The van der Waals surface area contributed by atoms with Crippen molar-refractivity contribution in [3.63, 3.8) is 0 Å². The maximum absolute atomic E-state index is 13.9. The van der Waals surface area contributed by atoms with Crippen molar-refractivity contribution in [3.8, 4) is 5.75 Å². The minimum absolute atomic E-state index is 0.131. The number of benzene rings is 3. The van der Waals surface area contributed by atoms with E-state index in [4.69, 9.17) is 4.74 Å². The lowest BCUT2D eigenvalue weighted by Gasteiger charge is -2.30. The van der Waals surface area contributed by atoms with Gasteiger partial charge in [0.15, 0.2) is 29.1 Å². The molecular formula is C33H30F4IN3O3. The first kappa shape index (κ1) is 31.9. The zero-order chi connectivity index (χ0) is 31.2. The second-order valence-electron chi connectivity index (χ2n) is 10.7. The van der Waals surface area contributed by atoms with Gasteiger partial charge in [-0.3, -0.25) is 14.5 Å². The molecule has 2 fully saturated rings. The van der Waals surface area contributed by atoms with Crippen molar-refractivity contribution in [2.24, 2.45) is 0 Å². The first-order valence-electron chi connectivity index (χ1n) is 14.2. The number of nitrogens with one attached hydrogen (secondary N) is 1. The molecule has 0 spiro atoms. The maximum atomic E-state index is 13.9. The summed E-state index contributed by atoms with van der Waals surface area (Å²) in [6.07, 6.45) is 3.14. The van der Waals surface area contributed by atoms with Gasteiger partial charge in [0.25, 0.3) is 5.91 Å². The van der Waals surface area contributed by atoms with Crippen molar-refractivity contribution in [1.29, 1.82) is 0 Å². The molecule has 1 saturated carbocycles. The molecule has 0 unspecified atom stereocenters. The second-order valence-corrected chi connectivity index (χ2v) is 12.1. The molecule has 230 valence electrons. The number of rotatable bonds is 8. The Balaban J connectivity index is 1.28. The Bertz CT molecular complexity index is 1510. The maximum Gasteiger partial charge on any atom is 0.251 e. The highest BCUT2D eigenvalue weighted by atomic mass is 127. The van der Waals surface area contributed by atoms with Crippen LogP contribution in [0.25, 0.3) is 12.2 Å². The van der Waals surface area contributed by atoms with Crippen LogP contribution in [0.15, 0.2) is 71.8 Å². The Morgan fingerprint density at radius 1 is 0.818 bits per heavy atom. The third kappa shape index (κ3) is 8.33. The summed E-state index contributed by atoms with van der Waals surface area (Å²) in [6, 6.07) is 12.8. The van der Waals surface area contributed by atoms with Crippen LogP contribution in [0.3, 0.4) is 0 Å². The number of Topliss-reactive ketones (excluding diaryl/α,β-unsaturated/α-hetero) is 1. The number of ketones is 1. The number of carbonyl (C=O) groups is 2. The van der Waals surface area contributed by atoms with Gasteiger partial charge in [-0.1, -0.05) is 12.1 Å². The topological polar surface area (TPSA) is 61.9 Å². The van der Waals surface area contributed by atoms with Gasteiger partial charge in [-0.2, -0.15) is 0 Å². The molecule has 0 aromatic heterocycles. The molecule has 3 aromatic carbocycles. The SMILES string of the molecule is O=C1/C(=C/c2ccc(F)c(F)c2)CC(NC(=O)c2ccc(OCCN3CCN(I)CC3)cc2)C/C1=C\c1ccc(F)c(F)c1. The molecule has 1 saturated heterocycles. The van der Waals surface area contributed by atoms with E-state index in [1.54, 1.807) is 24.3 Å². The Morgan fingerprint density at radius 2 is 1.36 bits per heavy atom. The number of carbonyl (C=O) groups excluding carboxylic acids is 2. The zero-order valence-electron chi connectivity index (χ0n) is 23.7. The molecule has 0 radical (unpaired) electrons. The van der Waals surface area contributed by atoms with E-state index in [-0.39, 0.29) is 46.8 Å². The molecule has 1 amide bonds. The molecule has 1 aliphatic carbocycles. The van der Waals surface area contributed by atoms with E-state index >= 15 is 0 Å². The molecule has 2 aliphatic rings. The van der Waals surface area contributed by atoms with Crippen LogP contribution < -0.4 is 10.1 Å². The lowest BCUT2D eigenvalue weighted by molar-refractivity contribution is -0.113. The van der Waals surface area contributed by atoms with Crippen LogP contribution in [0.2, 0.25) is 0 Å². The summed E-state index contributed by atoms with van der Waals surface area (Å²) in [4.78, 5) is 28.9. The highest BCUT2D eigenvalue weighted by Crippen LogP contribution is 2.30. The fraction of sp³-hybridized carbons (Fsp3) is 0.273. The number of hydrogen-bond donors (Lipinski definition) is 1. The van der Waals surface area contributed by atoms with E-state index in [0.29, 0.717) is 17.9 Å². The molecule has 44 heavy (non-hydrogen) atoms. The molecule has 1 aliphatic heterocycles. The highest BCUT2D eigenvalue weighted by molar-refractivity contribution is 14.1. The van der Waals surface area contributed by atoms with E-state index in [2.05, 4.69) is 36.2 Å². The number of ether oxygens (including phenoxy) is 1. The standard InChI is InChI=1S/C33H30F4IN3O3/c34-28-7-1-21(17-30(28)36)15-24-19-26(20-25(32(24)42)16-22-2-8-29(35)31(37)18-22)39-33(43)23-3-5-27(6-4-23)44-14-13-40-9-11-41(38)12-10-40/h1-8,15-18,26H,9-14,19-20H2,(H,39,43)/b24-15+,25-16+. The Morgan fingerprint density at radius 3 is 1.89 bits per heavy atom. The predicted octanol–water partition coefficient (Wildman–Crippen LogP) is 6.22. The van der Waals surface area contributed by atoms with Gasteiger partial charge in [0.1, 0.15) is 12.4 Å². The molecule has 0 atom stereocenters. The minimum atomic E-state index is -1.06. The number of hydrogen-bond acceptors (Lipinski definition) is 5. The molecule has 5 rings (SSSR count). The lowest BCUT2D eigenvalue weighted by atomic mass is 9.83. The average molecular weight is 720 g/mol. The largest absolute Gasteiger partial charge is 0.492 e. The highest BCUT2D eigenvalue weighted by Gasteiger charge is 2.29. The predicted molar refractivity (Wildman–Crippen MR) is 168 cm³/mol. The summed E-state index contributed by atoms with van der Waals surface area (Å²) in [7, 11) is 0. The van der Waals surface area contributed by atoms with Gasteiger partial charge in [-0.25, -0.2) is 20.7 Å². The second kappa shape index (κ2) is 14.5. The van der Waals surface area contributed by atoms with Gasteiger partial charge in [-0.05, 0) is 84.7 Å². The van der Waals surface area contributed by atoms with E-state index in [9.17, 15) is 27.2 Å². The first-order valence-corrected chi connectivity index (χ1v) is 15.1. The van der Waals surface area contributed by atoms with Gasteiger partial charge < -0.3 is 10.1 Å². The number of halogens is 5. The normalized spacial score (nSPS) is 19.8. The van der Waals surface area contributed by atoms with Crippen molar-refractivity contribution in [3.05, 3.63) is 112 Å². The monoisotopic (exact) mass is 719 g/mol. The Hall–Kier alpha value is -3.55. The van der Waals surface area contributed by atoms with Gasteiger partial charge in [0.05, 0.1) is 0 Å². The summed E-state index contributed by atoms with van der Waals surface area (Å²) >= 11 is 2.33. The quantitative estimate of drug-likeness (QED) is 0.130. The van der Waals surface area contributed by atoms with Crippen LogP contribution in [-0.2, 0) is 4.79 Å². The number of piperazine rings is 1.